The van der Waals surface area contributed by atoms with Gasteiger partial charge in [0, 0.05) is 20.1 Å². The second-order valence-corrected chi connectivity index (χ2v) is 6.53. The Kier molecular flexibility index (Phi) is 4.15. The minimum Gasteiger partial charge on any atom is -0.373 e. The lowest BCUT2D eigenvalue weighted by Gasteiger charge is -2.39. The third-order valence-electron chi connectivity index (χ3n) is 3.61. The summed E-state index contributed by atoms with van der Waals surface area (Å²) in [6, 6.07) is 0. The minimum atomic E-state index is 0.00911. The molecular weight excluding hydrogens is 226 g/mol. The molecule has 0 aromatic heterocycles. The first-order valence-electron chi connectivity index (χ1n) is 7.11. The molecule has 0 bridgehead atoms. The summed E-state index contributed by atoms with van der Waals surface area (Å²) in [7, 11) is 2.09. The zero-order valence-corrected chi connectivity index (χ0v) is 12.2. The number of likely N-dealkylation sites (N-methyl/N-ethyl adjacent to an activating group) is 1. The Morgan fingerprint density at radius 3 is 2.67 bits per heavy atom. The van der Waals surface area contributed by atoms with Crippen molar-refractivity contribution in [2.24, 2.45) is 10.9 Å². The van der Waals surface area contributed by atoms with E-state index in [2.05, 4.69) is 43.0 Å². The van der Waals surface area contributed by atoms with Crippen LogP contribution in [0.15, 0.2) is 4.99 Å². The van der Waals surface area contributed by atoms with Crippen LogP contribution in [0.25, 0.3) is 0 Å². The molecule has 1 aliphatic carbocycles. The zero-order chi connectivity index (χ0) is 13.2. The van der Waals surface area contributed by atoms with Crippen LogP contribution >= 0.6 is 0 Å². The molecule has 2 rings (SSSR count). The molecule has 0 saturated heterocycles. The lowest BCUT2D eigenvalue weighted by Crippen LogP contribution is -2.40. The molecule has 2 aliphatic rings. The molecule has 4 heteroatoms. The largest absolute Gasteiger partial charge is 0.373 e. The average Bonchev–Trinajstić information content (AvgIpc) is 2.58. The summed E-state index contributed by atoms with van der Waals surface area (Å²) in [5.41, 5.74) is 0.00911. The van der Waals surface area contributed by atoms with Crippen molar-refractivity contribution in [3.05, 3.63) is 0 Å². The van der Waals surface area contributed by atoms with Gasteiger partial charge in [0.05, 0.1) is 18.2 Å². The van der Waals surface area contributed by atoms with E-state index in [9.17, 15) is 0 Å². The van der Waals surface area contributed by atoms with Gasteiger partial charge in [-0.3, -0.25) is 4.99 Å². The lowest BCUT2D eigenvalue weighted by molar-refractivity contribution is -0.112. The van der Waals surface area contributed by atoms with Crippen LogP contribution < -0.4 is 5.32 Å². The lowest BCUT2D eigenvalue weighted by atomic mass is 9.79. The van der Waals surface area contributed by atoms with E-state index in [4.69, 9.17) is 4.74 Å². The van der Waals surface area contributed by atoms with Gasteiger partial charge in [0.15, 0.2) is 5.96 Å². The van der Waals surface area contributed by atoms with Crippen molar-refractivity contribution in [3.63, 3.8) is 0 Å². The number of aliphatic imine (C=N–C) groups is 1. The van der Waals surface area contributed by atoms with Crippen LogP contribution in [0.1, 0.15) is 40.0 Å². The summed E-state index contributed by atoms with van der Waals surface area (Å²) < 4.78 is 5.95. The van der Waals surface area contributed by atoms with Crippen LogP contribution in [-0.4, -0.2) is 49.2 Å². The highest BCUT2D eigenvalue weighted by Crippen LogP contribution is 2.34. The Balaban J connectivity index is 1.55. The molecule has 4 nitrogen and oxygen atoms in total. The fourth-order valence-electron chi connectivity index (χ4n) is 2.62. The maximum Gasteiger partial charge on any atom is 0.193 e. The van der Waals surface area contributed by atoms with Crippen molar-refractivity contribution in [1.29, 1.82) is 0 Å². The third-order valence-corrected chi connectivity index (χ3v) is 3.61. The summed E-state index contributed by atoms with van der Waals surface area (Å²) >= 11 is 0. The van der Waals surface area contributed by atoms with Crippen LogP contribution in [0.4, 0.5) is 0 Å². The Morgan fingerprint density at radius 1 is 1.39 bits per heavy atom. The predicted molar refractivity (Wildman–Crippen MR) is 74.9 cm³/mol. The third kappa shape index (κ3) is 3.87. The van der Waals surface area contributed by atoms with Gasteiger partial charge in [0.1, 0.15) is 0 Å². The number of nitrogens with zero attached hydrogens (tertiary/aromatic N) is 2. The van der Waals surface area contributed by atoms with E-state index in [1.165, 1.54) is 19.3 Å². The SMILES string of the molecule is CN1CCN=C1NCCC1CC(OC(C)(C)C)C1. The molecule has 18 heavy (non-hydrogen) atoms. The Morgan fingerprint density at radius 2 is 2.11 bits per heavy atom. The summed E-state index contributed by atoms with van der Waals surface area (Å²) in [5.74, 6) is 1.90. The number of nitrogens with one attached hydrogen (secondary N) is 1. The normalized spacial score (nSPS) is 28.0. The molecule has 1 N–H and O–H groups in total. The molecule has 1 saturated carbocycles. The average molecular weight is 253 g/mol. The Hall–Kier alpha value is -0.770. The topological polar surface area (TPSA) is 36.9 Å². The monoisotopic (exact) mass is 253 g/mol. The highest BCUT2D eigenvalue weighted by Gasteiger charge is 2.32. The maximum atomic E-state index is 5.95. The summed E-state index contributed by atoms with van der Waals surface area (Å²) in [5, 5.41) is 3.43. The number of guanidine groups is 1. The molecule has 0 amide bonds. The van der Waals surface area contributed by atoms with Gasteiger partial charge in [-0.1, -0.05) is 0 Å². The quantitative estimate of drug-likeness (QED) is 0.831. The first kappa shape index (κ1) is 13.7. The van der Waals surface area contributed by atoms with Crippen molar-refractivity contribution in [1.82, 2.24) is 10.2 Å². The van der Waals surface area contributed by atoms with E-state index in [-0.39, 0.29) is 5.60 Å². The summed E-state index contributed by atoms with van der Waals surface area (Å²) in [6.07, 6.45) is 4.17. The van der Waals surface area contributed by atoms with E-state index >= 15 is 0 Å². The van der Waals surface area contributed by atoms with Crippen LogP contribution in [0.3, 0.4) is 0 Å². The van der Waals surface area contributed by atoms with Crippen molar-refractivity contribution in [2.75, 3.05) is 26.7 Å². The van der Waals surface area contributed by atoms with Crippen LogP contribution in [0.5, 0.6) is 0 Å². The summed E-state index contributed by atoms with van der Waals surface area (Å²) in [6.45, 7) is 9.43. The second kappa shape index (κ2) is 5.47. The first-order chi connectivity index (χ1) is 8.44. The van der Waals surface area contributed by atoms with Crippen LogP contribution in [0.2, 0.25) is 0 Å². The van der Waals surface area contributed by atoms with Crippen LogP contribution in [0, 0.1) is 5.92 Å². The van der Waals surface area contributed by atoms with Gasteiger partial charge in [-0.2, -0.15) is 0 Å². The molecule has 0 radical (unpaired) electrons. The molecule has 0 aromatic carbocycles. The van der Waals surface area contributed by atoms with E-state index < -0.39 is 0 Å². The molecule has 104 valence electrons. The standard InChI is InChI=1S/C14H27N3O/c1-14(2,3)18-12-9-11(10-12)5-6-15-13-16-7-8-17(13)4/h11-12H,5-10H2,1-4H3,(H,15,16). The molecular formula is C14H27N3O. The van der Waals surface area contributed by atoms with Gasteiger partial charge in [0.2, 0.25) is 0 Å². The second-order valence-electron chi connectivity index (χ2n) is 6.53. The number of ether oxygens (including phenoxy) is 1. The number of hydrogen-bond donors (Lipinski definition) is 1. The molecule has 1 heterocycles. The van der Waals surface area contributed by atoms with Crippen molar-refractivity contribution in [2.45, 2.75) is 51.7 Å². The van der Waals surface area contributed by atoms with Crippen molar-refractivity contribution >= 4 is 5.96 Å². The highest BCUT2D eigenvalue weighted by molar-refractivity contribution is 5.81. The minimum absolute atomic E-state index is 0.00911. The molecule has 1 fully saturated rings. The van der Waals surface area contributed by atoms with E-state index in [0.29, 0.717) is 6.10 Å². The van der Waals surface area contributed by atoms with Gasteiger partial charge < -0.3 is 15.0 Å². The Labute approximate surface area is 111 Å². The van der Waals surface area contributed by atoms with E-state index in [0.717, 1.165) is 31.5 Å². The molecule has 0 aromatic rings. The first-order valence-corrected chi connectivity index (χ1v) is 7.11. The Bertz CT molecular complexity index is 303. The van der Waals surface area contributed by atoms with Crippen LogP contribution in [-0.2, 0) is 4.74 Å². The van der Waals surface area contributed by atoms with Gasteiger partial charge in [-0.25, -0.2) is 0 Å². The molecule has 0 unspecified atom stereocenters. The highest BCUT2D eigenvalue weighted by atomic mass is 16.5. The number of rotatable bonds is 4. The van der Waals surface area contributed by atoms with Gasteiger partial charge in [-0.05, 0) is 46.0 Å². The molecule has 1 aliphatic heterocycles. The zero-order valence-electron chi connectivity index (χ0n) is 12.2. The van der Waals surface area contributed by atoms with E-state index in [1.54, 1.807) is 0 Å². The van der Waals surface area contributed by atoms with Gasteiger partial charge in [-0.15, -0.1) is 0 Å². The van der Waals surface area contributed by atoms with Gasteiger partial charge in [0.25, 0.3) is 0 Å². The van der Waals surface area contributed by atoms with Crippen molar-refractivity contribution in [3.8, 4) is 0 Å². The predicted octanol–water partition coefficient (Wildman–Crippen LogP) is 1.86. The summed E-state index contributed by atoms with van der Waals surface area (Å²) in [4.78, 5) is 6.61. The maximum absolute atomic E-state index is 5.95. The molecule has 0 spiro atoms. The van der Waals surface area contributed by atoms with Gasteiger partial charge >= 0.3 is 0 Å². The van der Waals surface area contributed by atoms with E-state index in [1.807, 2.05) is 0 Å². The fourth-order valence-corrected chi connectivity index (χ4v) is 2.62. The van der Waals surface area contributed by atoms with Crippen molar-refractivity contribution < 1.29 is 4.74 Å². The number of hydrogen-bond acceptors (Lipinski definition) is 4. The smallest absolute Gasteiger partial charge is 0.193 e. The fraction of sp³-hybridized carbons (Fsp3) is 0.929. The molecule has 0 atom stereocenters.